The molecule has 16 heavy (non-hydrogen) atoms. The number of aromatic nitrogens is 1. The van der Waals surface area contributed by atoms with Crippen LogP contribution in [0.2, 0.25) is 0 Å². The van der Waals surface area contributed by atoms with Gasteiger partial charge in [0.1, 0.15) is 11.4 Å². The summed E-state index contributed by atoms with van der Waals surface area (Å²) in [5.41, 5.74) is 6.66. The Balaban J connectivity index is 2.32. The third-order valence-electron chi connectivity index (χ3n) is 2.48. The lowest BCUT2D eigenvalue weighted by Gasteiger charge is -2.12. The molecule has 1 heterocycles. The predicted molar refractivity (Wildman–Crippen MR) is 59.2 cm³/mol. The molecular formula is C11H15N3O2. The number of rotatable bonds is 4. The summed E-state index contributed by atoms with van der Waals surface area (Å²) in [5.74, 6) is 0.445. The zero-order chi connectivity index (χ0) is 11.5. The molecule has 1 amide bonds. The lowest BCUT2D eigenvalue weighted by molar-refractivity contribution is 0.0956. The lowest BCUT2D eigenvalue weighted by atomic mass is 10.1. The van der Waals surface area contributed by atoms with E-state index in [4.69, 9.17) is 10.5 Å². The number of pyridine rings is 1. The first kappa shape index (κ1) is 10.9. The number of nitrogens with zero attached hydrogens (tertiary/aromatic N) is 1. The second kappa shape index (κ2) is 4.49. The minimum atomic E-state index is -0.235. The minimum Gasteiger partial charge on any atom is -0.490 e. The van der Waals surface area contributed by atoms with Gasteiger partial charge >= 0.3 is 0 Å². The molecule has 0 aromatic carbocycles. The molecule has 3 N–H and O–H groups in total. The van der Waals surface area contributed by atoms with Crippen molar-refractivity contribution >= 4 is 5.91 Å². The van der Waals surface area contributed by atoms with Gasteiger partial charge in [0.15, 0.2) is 0 Å². The summed E-state index contributed by atoms with van der Waals surface area (Å²) in [7, 11) is 1.57. The normalized spacial score (nSPS) is 14.6. The second-order valence-electron chi connectivity index (χ2n) is 3.74. The molecule has 86 valence electrons. The van der Waals surface area contributed by atoms with Crippen LogP contribution in [0.15, 0.2) is 12.3 Å². The molecule has 0 atom stereocenters. The first-order chi connectivity index (χ1) is 7.76. The maximum absolute atomic E-state index is 11.6. The van der Waals surface area contributed by atoms with Crippen molar-refractivity contribution in [3.8, 4) is 5.75 Å². The van der Waals surface area contributed by atoms with Gasteiger partial charge in [0.25, 0.3) is 5.91 Å². The fraction of sp³-hybridized carbons (Fsp3) is 0.455. The van der Waals surface area contributed by atoms with Crippen LogP contribution in [0.4, 0.5) is 0 Å². The monoisotopic (exact) mass is 221 g/mol. The number of carbonyl (C=O) groups excluding carboxylic acids is 1. The maximum Gasteiger partial charge on any atom is 0.270 e. The Morgan fingerprint density at radius 1 is 1.69 bits per heavy atom. The molecule has 0 unspecified atom stereocenters. The standard InChI is InChI=1S/C11H15N3O2/c1-13-11(15)10-8(6-12)9(4-5-14-10)16-7-2-3-7/h4-5,7H,2-3,6,12H2,1H3,(H,13,15). The van der Waals surface area contributed by atoms with Gasteiger partial charge in [-0.25, -0.2) is 0 Å². The van der Waals surface area contributed by atoms with E-state index in [9.17, 15) is 4.79 Å². The summed E-state index contributed by atoms with van der Waals surface area (Å²) in [5, 5.41) is 2.54. The molecule has 1 aromatic heterocycles. The van der Waals surface area contributed by atoms with Crippen LogP contribution in [0.5, 0.6) is 5.75 Å². The van der Waals surface area contributed by atoms with Crippen LogP contribution < -0.4 is 15.8 Å². The fourth-order valence-electron chi connectivity index (χ4n) is 1.46. The van der Waals surface area contributed by atoms with Crippen molar-refractivity contribution in [3.63, 3.8) is 0 Å². The van der Waals surface area contributed by atoms with E-state index in [-0.39, 0.29) is 18.6 Å². The number of amides is 1. The average molecular weight is 221 g/mol. The summed E-state index contributed by atoms with van der Waals surface area (Å²) in [6.07, 6.45) is 4.00. The van der Waals surface area contributed by atoms with Gasteiger partial charge in [0, 0.05) is 25.4 Å². The number of hydrogen-bond donors (Lipinski definition) is 2. The van der Waals surface area contributed by atoms with Gasteiger partial charge in [-0.2, -0.15) is 0 Å². The molecule has 5 heteroatoms. The van der Waals surface area contributed by atoms with Gasteiger partial charge in [-0.1, -0.05) is 0 Å². The van der Waals surface area contributed by atoms with Crippen molar-refractivity contribution in [1.29, 1.82) is 0 Å². The number of ether oxygens (including phenoxy) is 1. The first-order valence-electron chi connectivity index (χ1n) is 5.33. The fourth-order valence-corrected chi connectivity index (χ4v) is 1.46. The topological polar surface area (TPSA) is 77.2 Å². The molecule has 1 saturated carbocycles. The van der Waals surface area contributed by atoms with E-state index < -0.39 is 0 Å². The largest absolute Gasteiger partial charge is 0.490 e. The van der Waals surface area contributed by atoms with E-state index >= 15 is 0 Å². The highest BCUT2D eigenvalue weighted by molar-refractivity contribution is 5.94. The molecule has 0 aliphatic heterocycles. The summed E-state index contributed by atoms with van der Waals surface area (Å²) in [6, 6.07) is 1.76. The van der Waals surface area contributed by atoms with Gasteiger partial charge in [-0.15, -0.1) is 0 Å². The minimum absolute atomic E-state index is 0.235. The van der Waals surface area contributed by atoms with Gasteiger partial charge in [0.2, 0.25) is 0 Å². The molecule has 1 aromatic rings. The predicted octanol–water partition coefficient (Wildman–Crippen LogP) is 0.441. The molecule has 2 rings (SSSR count). The van der Waals surface area contributed by atoms with Gasteiger partial charge in [-0.3, -0.25) is 9.78 Å². The number of nitrogens with two attached hydrogens (primary N) is 1. The number of hydrogen-bond acceptors (Lipinski definition) is 4. The van der Waals surface area contributed by atoms with Crippen LogP contribution in [0.25, 0.3) is 0 Å². The van der Waals surface area contributed by atoms with Crippen molar-refractivity contribution in [1.82, 2.24) is 10.3 Å². The molecule has 1 aliphatic rings. The van der Waals surface area contributed by atoms with Crippen LogP contribution in [0, 0.1) is 0 Å². The quantitative estimate of drug-likeness (QED) is 0.773. The van der Waals surface area contributed by atoms with Crippen LogP contribution in [0.3, 0.4) is 0 Å². The van der Waals surface area contributed by atoms with E-state index in [1.807, 2.05) is 0 Å². The molecular weight excluding hydrogens is 206 g/mol. The first-order valence-corrected chi connectivity index (χ1v) is 5.33. The zero-order valence-corrected chi connectivity index (χ0v) is 9.19. The number of nitrogens with one attached hydrogen (secondary N) is 1. The molecule has 0 spiro atoms. The highest BCUT2D eigenvalue weighted by Gasteiger charge is 2.25. The SMILES string of the molecule is CNC(=O)c1nccc(OC2CC2)c1CN. The molecule has 1 aliphatic carbocycles. The Morgan fingerprint density at radius 2 is 2.44 bits per heavy atom. The molecule has 5 nitrogen and oxygen atoms in total. The van der Waals surface area contributed by atoms with E-state index in [0.29, 0.717) is 17.0 Å². The Hall–Kier alpha value is -1.62. The smallest absolute Gasteiger partial charge is 0.270 e. The summed E-state index contributed by atoms with van der Waals surface area (Å²) in [6.45, 7) is 0.249. The van der Waals surface area contributed by atoms with Crippen molar-refractivity contribution < 1.29 is 9.53 Å². The Labute approximate surface area is 94.0 Å². The highest BCUT2D eigenvalue weighted by atomic mass is 16.5. The Morgan fingerprint density at radius 3 is 3.00 bits per heavy atom. The average Bonchev–Trinajstić information content (AvgIpc) is 3.11. The van der Waals surface area contributed by atoms with Crippen LogP contribution in [-0.2, 0) is 6.54 Å². The van der Waals surface area contributed by atoms with E-state index in [1.165, 1.54) is 0 Å². The third-order valence-corrected chi connectivity index (χ3v) is 2.48. The third kappa shape index (κ3) is 2.14. The Kier molecular flexibility index (Phi) is 3.05. The van der Waals surface area contributed by atoms with Gasteiger partial charge < -0.3 is 15.8 Å². The second-order valence-corrected chi connectivity index (χ2v) is 3.74. The van der Waals surface area contributed by atoms with Gasteiger partial charge in [0.05, 0.1) is 6.10 Å². The summed E-state index contributed by atoms with van der Waals surface area (Å²) >= 11 is 0. The van der Waals surface area contributed by atoms with E-state index in [2.05, 4.69) is 10.3 Å². The molecule has 0 radical (unpaired) electrons. The van der Waals surface area contributed by atoms with E-state index in [0.717, 1.165) is 12.8 Å². The van der Waals surface area contributed by atoms with Crippen molar-refractivity contribution in [3.05, 3.63) is 23.5 Å². The van der Waals surface area contributed by atoms with Crippen LogP contribution in [0.1, 0.15) is 28.9 Å². The van der Waals surface area contributed by atoms with Crippen molar-refractivity contribution in [2.45, 2.75) is 25.5 Å². The van der Waals surface area contributed by atoms with Crippen LogP contribution in [-0.4, -0.2) is 24.0 Å². The molecule has 1 fully saturated rings. The molecule has 0 bridgehead atoms. The van der Waals surface area contributed by atoms with E-state index in [1.54, 1.807) is 19.3 Å². The summed E-state index contributed by atoms with van der Waals surface area (Å²) in [4.78, 5) is 15.6. The zero-order valence-electron chi connectivity index (χ0n) is 9.19. The van der Waals surface area contributed by atoms with Crippen molar-refractivity contribution in [2.24, 2.45) is 5.73 Å². The molecule has 0 saturated heterocycles. The Bertz CT molecular complexity index is 402. The highest BCUT2D eigenvalue weighted by Crippen LogP contribution is 2.29. The van der Waals surface area contributed by atoms with Crippen LogP contribution >= 0.6 is 0 Å². The lowest BCUT2D eigenvalue weighted by Crippen LogP contribution is -2.22. The maximum atomic E-state index is 11.6. The van der Waals surface area contributed by atoms with Gasteiger partial charge in [-0.05, 0) is 18.9 Å². The number of carbonyl (C=O) groups is 1. The summed E-state index contributed by atoms with van der Waals surface area (Å²) < 4.78 is 5.68. The van der Waals surface area contributed by atoms with Crippen molar-refractivity contribution in [2.75, 3.05) is 7.05 Å².